The normalized spacial score (nSPS) is 10.2. The van der Waals surface area contributed by atoms with E-state index in [2.05, 4.69) is 25.7 Å². The summed E-state index contributed by atoms with van der Waals surface area (Å²) in [6.45, 7) is 3.87. The summed E-state index contributed by atoms with van der Waals surface area (Å²) in [6, 6.07) is 5.07. The van der Waals surface area contributed by atoms with Gasteiger partial charge in [0.2, 0.25) is 0 Å². The molecule has 0 spiro atoms. The highest BCUT2D eigenvalue weighted by Crippen LogP contribution is 2.33. The maximum absolute atomic E-state index is 11.5. The minimum absolute atomic E-state index is 0.381. The molecule has 0 atom stereocenters. The van der Waals surface area contributed by atoms with Crippen LogP contribution in [0.25, 0.3) is 0 Å². The SMILES string of the molecule is COC(=O)c1ccc(Oc2c(C)cncc2C)c(Br)c1. The Morgan fingerprint density at radius 1 is 1.20 bits per heavy atom. The van der Waals surface area contributed by atoms with E-state index < -0.39 is 0 Å². The number of hydrogen-bond donors (Lipinski definition) is 0. The molecule has 1 heterocycles. The summed E-state index contributed by atoms with van der Waals surface area (Å²) in [7, 11) is 1.35. The zero-order valence-electron chi connectivity index (χ0n) is 11.4. The van der Waals surface area contributed by atoms with E-state index in [-0.39, 0.29) is 5.97 Å². The van der Waals surface area contributed by atoms with Crippen molar-refractivity contribution < 1.29 is 14.3 Å². The Hall–Kier alpha value is -1.88. The number of methoxy groups -OCH3 is 1. The van der Waals surface area contributed by atoms with Crippen LogP contribution < -0.4 is 4.74 Å². The second kappa shape index (κ2) is 6.05. The molecule has 0 saturated heterocycles. The summed E-state index contributed by atoms with van der Waals surface area (Å²) in [5.41, 5.74) is 2.37. The summed E-state index contributed by atoms with van der Waals surface area (Å²) in [5, 5.41) is 0. The third-order valence-electron chi connectivity index (χ3n) is 2.82. The summed E-state index contributed by atoms with van der Waals surface area (Å²) in [4.78, 5) is 15.6. The standard InChI is InChI=1S/C15H14BrNO3/c1-9-7-17-8-10(2)14(9)20-13-5-4-11(6-12(13)16)15(18)19-3/h4-8H,1-3H3. The maximum atomic E-state index is 11.5. The van der Waals surface area contributed by atoms with Gasteiger partial charge in [0.05, 0.1) is 17.1 Å². The summed E-state index contributed by atoms with van der Waals surface area (Å²) < 4.78 is 11.3. The first-order valence-electron chi connectivity index (χ1n) is 6.00. The van der Waals surface area contributed by atoms with Crippen LogP contribution in [0.3, 0.4) is 0 Å². The molecule has 0 N–H and O–H groups in total. The molecule has 0 aliphatic rings. The topological polar surface area (TPSA) is 48.4 Å². The minimum Gasteiger partial charge on any atom is -0.465 e. The Morgan fingerprint density at radius 2 is 1.85 bits per heavy atom. The number of pyridine rings is 1. The molecule has 20 heavy (non-hydrogen) atoms. The predicted octanol–water partition coefficient (Wildman–Crippen LogP) is 4.04. The molecule has 2 aromatic rings. The van der Waals surface area contributed by atoms with Crippen LogP contribution in [0.4, 0.5) is 0 Å². The zero-order valence-corrected chi connectivity index (χ0v) is 13.0. The van der Waals surface area contributed by atoms with Gasteiger partial charge >= 0.3 is 5.97 Å². The van der Waals surface area contributed by atoms with Crippen LogP contribution in [0.2, 0.25) is 0 Å². The van der Waals surface area contributed by atoms with Gasteiger partial charge in [-0.1, -0.05) is 0 Å². The highest BCUT2D eigenvalue weighted by Gasteiger charge is 2.12. The number of halogens is 1. The van der Waals surface area contributed by atoms with Crippen LogP contribution in [0.15, 0.2) is 35.1 Å². The average Bonchev–Trinajstić information content (AvgIpc) is 2.43. The van der Waals surface area contributed by atoms with Crippen LogP contribution in [0, 0.1) is 13.8 Å². The number of esters is 1. The largest absolute Gasteiger partial charge is 0.465 e. The first kappa shape index (κ1) is 14.5. The van der Waals surface area contributed by atoms with Gasteiger partial charge in [-0.25, -0.2) is 4.79 Å². The first-order valence-corrected chi connectivity index (χ1v) is 6.79. The first-order chi connectivity index (χ1) is 9.52. The molecule has 2 rings (SSSR count). The third-order valence-corrected chi connectivity index (χ3v) is 3.44. The van der Waals surface area contributed by atoms with Crippen molar-refractivity contribution >= 4 is 21.9 Å². The molecule has 0 aliphatic heterocycles. The van der Waals surface area contributed by atoms with Crippen molar-refractivity contribution in [2.45, 2.75) is 13.8 Å². The van der Waals surface area contributed by atoms with Gasteiger partial charge in [0.1, 0.15) is 11.5 Å². The Morgan fingerprint density at radius 3 is 2.40 bits per heavy atom. The summed E-state index contributed by atoms with van der Waals surface area (Å²) >= 11 is 3.40. The molecule has 0 saturated carbocycles. The van der Waals surface area contributed by atoms with E-state index in [1.807, 2.05) is 13.8 Å². The van der Waals surface area contributed by atoms with E-state index in [0.29, 0.717) is 15.8 Å². The van der Waals surface area contributed by atoms with Crippen LogP contribution in [-0.2, 0) is 4.74 Å². The van der Waals surface area contributed by atoms with Crippen molar-refractivity contribution in [2.75, 3.05) is 7.11 Å². The fourth-order valence-electron chi connectivity index (χ4n) is 1.79. The smallest absolute Gasteiger partial charge is 0.337 e. The highest BCUT2D eigenvalue weighted by molar-refractivity contribution is 9.10. The Bertz CT molecular complexity index is 635. The van der Waals surface area contributed by atoms with Crippen molar-refractivity contribution in [1.82, 2.24) is 4.98 Å². The Kier molecular flexibility index (Phi) is 4.39. The number of aromatic nitrogens is 1. The lowest BCUT2D eigenvalue weighted by molar-refractivity contribution is 0.0600. The molecule has 104 valence electrons. The Labute approximate surface area is 125 Å². The maximum Gasteiger partial charge on any atom is 0.337 e. The van der Waals surface area contributed by atoms with Crippen molar-refractivity contribution in [1.29, 1.82) is 0 Å². The van der Waals surface area contributed by atoms with Crippen LogP contribution in [-0.4, -0.2) is 18.1 Å². The molecule has 1 aromatic heterocycles. The lowest BCUT2D eigenvalue weighted by Crippen LogP contribution is -2.01. The van der Waals surface area contributed by atoms with Gasteiger partial charge in [-0.3, -0.25) is 4.98 Å². The lowest BCUT2D eigenvalue weighted by Gasteiger charge is -2.12. The van der Waals surface area contributed by atoms with Crippen molar-refractivity contribution in [2.24, 2.45) is 0 Å². The molecule has 0 unspecified atom stereocenters. The fraction of sp³-hybridized carbons (Fsp3) is 0.200. The number of carbonyl (C=O) groups is 1. The number of aryl methyl sites for hydroxylation is 2. The van der Waals surface area contributed by atoms with E-state index in [9.17, 15) is 4.79 Å². The van der Waals surface area contributed by atoms with Gasteiger partial charge in [-0.05, 0) is 48.0 Å². The Balaban J connectivity index is 2.33. The highest BCUT2D eigenvalue weighted by atomic mass is 79.9. The zero-order chi connectivity index (χ0) is 14.7. The predicted molar refractivity (Wildman–Crippen MR) is 79.3 cm³/mol. The van der Waals surface area contributed by atoms with Crippen LogP contribution >= 0.6 is 15.9 Å². The third kappa shape index (κ3) is 2.99. The van der Waals surface area contributed by atoms with Gasteiger partial charge < -0.3 is 9.47 Å². The molecule has 0 bridgehead atoms. The van der Waals surface area contributed by atoms with Crippen LogP contribution in [0.1, 0.15) is 21.5 Å². The number of benzene rings is 1. The van der Waals surface area contributed by atoms with Gasteiger partial charge in [0, 0.05) is 23.5 Å². The fourth-order valence-corrected chi connectivity index (χ4v) is 2.25. The molecule has 1 aromatic carbocycles. The van der Waals surface area contributed by atoms with Gasteiger partial charge in [0.15, 0.2) is 0 Å². The lowest BCUT2D eigenvalue weighted by atomic mass is 10.2. The molecule has 0 fully saturated rings. The molecule has 5 heteroatoms. The number of rotatable bonds is 3. The van der Waals surface area contributed by atoms with E-state index in [0.717, 1.165) is 16.9 Å². The van der Waals surface area contributed by atoms with Gasteiger partial charge in [-0.15, -0.1) is 0 Å². The second-order valence-electron chi connectivity index (χ2n) is 4.34. The number of ether oxygens (including phenoxy) is 2. The number of nitrogens with zero attached hydrogens (tertiary/aromatic N) is 1. The van der Waals surface area contributed by atoms with Gasteiger partial charge in [-0.2, -0.15) is 0 Å². The number of carbonyl (C=O) groups excluding carboxylic acids is 1. The summed E-state index contributed by atoms with van der Waals surface area (Å²) in [6.07, 6.45) is 3.50. The quantitative estimate of drug-likeness (QED) is 0.794. The minimum atomic E-state index is -0.381. The summed E-state index contributed by atoms with van der Waals surface area (Å²) in [5.74, 6) is 1.02. The van der Waals surface area contributed by atoms with Crippen molar-refractivity contribution in [3.05, 3.63) is 51.8 Å². The van der Waals surface area contributed by atoms with E-state index in [4.69, 9.17) is 4.74 Å². The monoisotopic (exact) mass is 335 g/mol. The molecule has 0 amide bonds. The van der Waals surface area contributed by atoms with E-state index >= 15 is 0 Å². The van der Waals surface area contributed by atoms with E-state index in [1.54, 1.807) is 30.6 Å². The number of hydrogen-bond acceptors (Lipinski definition) is 4. The van der Waals surface area contributed by atoms with Crippen molar-refractivity contribution in [3.63, 3.8) is 0 Å². The second-order valence-corrected chi connectivity index (χ2v) is 5.20. The van der Waals surface area contributed by atoms with E-state index in [1.165, 1.54) is 7.11 Å². The molecular weight excluding hydrogens is 322 g/mol. The van der Waals surface area contributed by atoms with Gasteiger partial charge in [0.25, 0.3) is 0 Å². The molecule has 4 nitrogen and oxygen atoms in total. The molecule has 0 aliphatic carbocycles. The molecular formula is C15H14BrNO3. The molecule has 0 radical (unpaired) electrons. The van der Waals surface area contributed by atoms with Crippen molar-refractivity contribution in [3.8, 4) is 11.5 Å². The average molecular weight is 336 g/mol. The van der Waals surface area contributed by atoms with Crippen LogP contribution in [0.5, 0.6) is 11.5 Å².